The van der Waals surface area contributed by atoms with E-state index in [4.69, 9.17) is 16.3 Å². The van der Waals surface area contributed by atoms with Crippen LogP contribution in [0.1, 0.15) is 5.56 Å². The fourth-order valence-corrected chi connectivity index (χ4v) is 1.53. The summed E-state index contributed by atoms with van der Waals surface area (Å²) in [6, 6.07) is 11.6. The first-order valence-corrected chi connectivity index (χ1v) is 5.64. The first-order chi connectivity index (χ1) is 8.28. The van der Waals surface area contributed by atoms with Crippen molar-refractivity contribution in [1.29, 1.82) is 0 Å². The second-order valence-electron chi connectivity index (χ2n) is 3.56. The molecular weight excluding hydrogens is 236 g/mol. The van der Waals surface area contributed by atoms with Gasteiger partial charge in [0, 0.05) is 12.7 Å². The predicted molar refractivity (Wildman–Crippen MR) is 69.6 cm³/mol. The smallest absolute Gasteiger partial charge is 0.126 e. The molecule has 17 heavy (non-hydrogen) atoms. The van der Waals surface area contributed by atoms with Gasteiger partial charge in [-0.3, -0.25) is 0 Å². The zero-order chi connectivity index (χ0) is 12.1. The van der Waals surface area contributed by atoms with Gasteiger partial charge in [-0.05, 0) is 29.8 Å². The van der Waals surface area contributed by atoms with Crippen LogP contribution in [0.25, 0.3) is 0 Å². The average molecular weight is 249 g/mol. The van der Waals surface area contributed by atoms with Crippen molar-refractivity contribution in [2.75, 3.05) is 12.4 Å². The summed E-state index contributed by atoms with van der Waals surface area (Å²) in [5, 5.41) is 3.85. The molecule has 2 rings (SSSR count). The Hall–Kier alpha value is -1.74. The number of hydrogen-bond donors (Lipinski definition) is 1. The number of aromatic nitrogens is 1. The highest BCUT2D eigenvalue weighted by atomic mass is 35.5. The summed E-state index contributed by atoms with van der Waals surface area (Å²) < 4.78 is 5.10. The van der Waals surface area contributed by atoms with Crippen LogP contribution in [0.4, 0.5) is 5.82 Å². The maximum absolute atomic E-state index is 5.76. The molecule has 0 amide bonds. The minimum absolute atomic E-state index is 0.639. The zero-order valence-electron chi connectivity index (χ0n) is 9.48. The molecule has 0 spiro atoms. The van der Waals surface area contributed by atoms with E-state index in [0.717, 1.165) is 18.1 Å². The predicted octanol–water partition coefficient (Wildman–Crippen LogP) is 3.36. The lowest BCUT2D eigenvalue weighted by atomic mass is 10.2. The molecule has 1 N–H and O–H groups in total. The third kappa shape index (κ3) is 3.36. The maximum atomic E-state index is 5.76. The number of nitrogens with one attached hydrogen (secondary N) is 1. The second kappa shape index (κ2) is 5.55. The summed E-state index contributed by atoms with van der Waals surface area (Å²) in [4.78, 5) is 4.16. The largest absolute Gasteiger partial charge is 0.497 e. The monoisotopic (exact) mass is 248 g/mol. The quantitative estimate of drug-likeness (QED) is 0.901. The molecule has 0 aliphatic rings. The molecule has 0 radical (unpaired) electrons. The van der Waals surface area contributed by atoms with E-state index in [1.165, 1.54) is 5.56 Å². The van der Waals surface area contributed by atoms with Crippen molar-refractivity contribution in [2.24, 2.45) is 0 Å². The molecule has 1 aromatic heterocycles. The van der Waals surface area contributed by atoms with Gasteiger partial charge in [-0.2, -0.15) is 0 Å². The van der Waals surface area contributed by atoms with Crippen molar-refractivity contribution >= 4 is 17.4 Å². The van der Waals surface area contributed by atoms with Crippen LogP contribution in [0.3, 0.4) is 0 Å². The average Bonchev–Trinajstić information content (AvgIpc) is 2.39. The Morgan fingerprint density at radius 2 is 1.94 bits per heavy atom. The van der Waals surface area contributed by atoms with E-state index in [1.54, 1.807) is 13.3 Å². The van der Waals surface area contributed by atoms with E-state index < -0.39 is 0 Å². The van der Waals surface area contributed by atoms with Crippen molar-refractivity contribution in [2.45, 2.75) is 6.54 Å². The van der Waals surface area contributed by atoms with Gasteiger partial charge in [0.15, 0.2) is 0 Å². The molecular formula is C13H13ClN2O. The Morgan fingerprint density at radius 1 is 1.18 bits per heavy atom. The number of anilines is 1. The van der Waals surface area contributed by atoms with Gasteiger partial charge in [-0.1, -0.05) is 23.7 Å². The zero-order valence-corrected chi connectivity index (χ0v) is 10.2. The van der Waals surface area contributed by atoms with E-state index >= 15 is 0 Å². The summed E-state index contributed by atoms with van der Waals surface area (Å²) >= 11 is 5.76. The van der Waals surface area contributed by atoms with Crippen LogP contribution in [0.5, 0.6) is 5.75 Å². The Morgan fingerprint density at radius 3 is 2.53 bits per heavy atom. The van der Waals surface area contributed by atoms with E-state index in [9.17, 15) is 0 Å². The molecule has 1 aromatic carbocycles. The fraction of sp³-hybridized carbons (Fsp3) is 0.154. The van der Waals surface area contributed by atoms with Gasteiger partial charge >= 0.3 is 0 Å². The van der Waals surface area contributed by atoms with Crippen molar-refractivity contribution < 1.29 is 4.74 Å². The Balaban J connectivity index is 1.95. The highest BCUT2D eigenvalue weighted by Crippen LogP contribution is 2.13. The lowest BCUT2D eigenvalue weighted by Crippen LogP contribution is -2.00. The molecule has 0 saturated carbocycles. The topological polar surface area (TPSA) is 34.1 Å². The summed E-state index contributed by atoms with van der Waals surface area (Å²) in [6.07, 6.45) is 1.62. The van der Waals surface area contributed by atoms with Gasteiger partial charge in [0.1, 0.15) is 11.6 Å². The SMILES string of the molecule is COc1ccc(CNc2ccc(Cl)cn2)cc1. The van der Waals surface area contributed by atoms with Crippen LogP contribution in [-0.2, 0) is 6.54 Å². The van der Waals surface area contributed by atoms with Crippen LogP contribution in [0.2, 0.25) is 5.02 Å². The summed E-state index contributed by atoms with van der Waals surface area (Å²) in [5.41, 5.74) is 1.17. The molecule has 2 aromatic rings. The molecule has 0 saturated heterocycles. The minimum atomic E-state index is 0.639. The van der Waals surface area contributed by atoms with E-state index in [1.807, 2.05) is 36.4 Å². The van der Waals surface area contributed by atoms with Crippen LogP contribution >= 0.6 is 11.6 Å². The second-order valence-corrected chi connectivity index (χ2v) is 4.00. The Kier molecular flexibility index (Phi) is 3.83. The van der Waals surface area contributed by atoms with Crippen LogP contribution in [0.15, 0.2) is 42.6 Å². The molecule has 0 unspecified atom stereocenters. The van der Waals surface area contributed by atoms with E-state index in [-0.39, 0.29) is 0 Å². The third-order valence-corrected chi connectivity index (χ3v) is 2.58. The highest BCUT2D eigenvalue weighted by molar-refractivity contribution is 6.30. The minimum Gasteiger partial charge on any atom is -0.497 e. The molecule has 88 valence electrons. The maximum Gasteiger partial charge on any atom is 0.126 e. The summed E-state index contributed by atoms with van der Waals surface area (Å²) in [6.45, 7) is 0.721. The van der Waals surface area contributed by atoms with E-state index in [2.05, 4.69) is 10.3 Å². The standard InChI is InChI=1S/C13H13ClN2O/c1-17-12-5-2-10(3-6-12)8-15-13-7-4-11(14)9-16-13/h2-7,9H,8H2,1H3,(H,15,16). The molecule has 4 heteroatoms. The molecule has 3 nitrogen and oxygen atoms in total. The number of benzene rings is 1. The van der Waals surface area contributed by atoms with Crippen LogP contribution < -0.4 is 10.1 Å². The van der Waals surface area contributed by atoms with Crippen LogP contribution in [-0.4, -0.2) is 12.1 Å². The Labute approximate surface area is 105 Å². The number of methoxy groups -OCH3 is 1. The van der Waals surface area contributed by atoms with E-state index in [0.29, 0.717) is 5.02 Å². The number of pyridine rings is 1. The first kappa shape index (κ1) is 11.7. The molecule has 0 fully saturated rings. The molecule has 0 bridgehead atoms. The van der Waals surface area contributed by atoms with Crippen molar-refractivity contribution in [3.05, 3.63) is 53.2 Å². The van der Waals surface area contributed by atoms with Gasteiger partial charge in [-0.25, -0.2) is 4.98 Å². The Bertz CT molecular complexity index is 468. The molecule has 1 heterocycles. The van der Waals surface area contributed by atoms with Gasteiger partial charge in [-0.15, -0.1) is 0 Å². The van der Waals surface area contributed by atoms with Crippen LogP contribution in [0, 0.1) is 0 Å². The summed E-state index contributed by atoms with van der Waals surface area (Å²) in [5.74, 6) is 1.67. The third-order valence-electron chi connectivity index (χ3n) is 2.36. The normalized spacial score (nSPS) is 10.0. The van der Waals surface area contributed by atoms with Gasteiger partial charge in [0.05, 0.1) is 12.1 Å². The fourth-order valence-electron chi connectivity index (χ4n) is 1.42. The number of halogens is 1. The van der Waals surface area contributed by atoms with Gasteiger partial charge < -0.3 is 10.1 Å². The molecule has 0 aliphatic carbocycles. The summed E-state index contributed by atoms with van der Waals surface area (Å²) in [7, 11) is 1.66. The molecule has 0 atom stereocenters. The van der Waals surface area contributed by atoms with Crippen molar-refractivity contribution in [3.63, 3.8) is 0 Å². The number of rotatable bonds is 4. The lowest BCUT2D eigenvalue weighted by Gasteiger charge is -2.06. The number of nitrogens with zero attached hydrogens (tertiary/aromatic N) is 1. The van der Waals surface area contributed by atoms with Gasteiger partial charge in [0.2, 0.25) is 0 Å². The highest BCUT2D eigenvalue weighted by Gasteiger charge is 1.96. The first-order valence-electron chi connectivity index (χ1n) is 5.26. The van der Waals surface area contributed by atoms with Gasteiger partial charge in [0.25, 0.3) is 0 Å². The van der Waals surface area contributed by atoms with Crippen molar-refractivity contribution in [3.8, 4) is 5.75 Å². The molecule has 0 aliphatic heterocycles. The lowest BCUT2D eigenvalue weighted by molar-refractivity contribution is 0.414. The number of hydrogen-bond acceptors (Lipinski definition) is 3. The number of ether oxygens (including phenoxy) is 1. The van der Waals surface area contributed by atoms with Crippen molar-refractivity contribution in [1.82, 2.24) is 4.98 Å².